The van der Waals surface area contributed by atoms with Gasteiger partial charge in [-0.3, -0.25) is 9.36 Å². The van der Waals surface area contributed by atoms with Gasteiger partial charge in [0, 0.05) is 32.5 Å². The van der Waals surface area contributed by atoms with Crippen LogP contribution in [0.5, 0.6) is 0 Å². The van der Waals surface area contributed by atoms with Crippen molar-refractivity contribution in [2.24, 2.45) is 7.05 Å². The fraction of sp³-hybridized carbons (Fsp3) is 0.562. The van der Waals surface area contributed by atoms with Gasteiger partial charge in [0.1, 0.15) is 5.69 Å². The zero-order valence-electron chi connectivity index (χ0n) is 14.1. The maximum atomic E-state index is 5.38. The van der Waals surface area contributed by atoms with Gasteiger partial charge in [0.25, 0.3) is 0 Å². The molecule has 1 aliphatic carbocycles. The van der Waals surface area contributed by atoms with Crippen molar-refractivity contribution in [2.45, 2.75) is 52.0 Å². The maximum absolute atomic E-state index is 5.38. The SMILES string of the molecule is Cc1nnc(CCCn2cc(-c3c4c(nn3C)CCCC4)nn2)o1. The van der Waals surface area contributed by atoms with Crippen molar-refractivity contribution in [1.82, 2.24) is 35.0 Å². The molecular weight excluding hydrogens is 306 g/mol. The normalized spacial score (nSPS) is 14.1. The zero-order chi connectivity index (χ0) is 16.5. The molecule has 24 heavy (non-hydrogen) atoms. The van der Waals surface area contributed by atoms with Crippen molar-refractivity contribution in [3.63, 3.8) is 0 Å². The first-order chi connectivity index (χ1) is 11.7. The van der Waals surface area contributed by atoms with Crippen molar-refractivity contribution in [3.05, 3.63) is 29.2 Å². The first-order valence-electron chi connectivity index (χ1n) is 8.45. The van der Waals surface area contributed by atoms with Gasteiger partial charge in [0.15, 0.2) is 0 Å². The second-order valence-electron chi connectivity index (χ2n) is 6.29. The molecule has 0 fully saturated rings. The van der Waals surface area contributed by atoms with Crippen molar-refractivity contribution in [1.29, 1.82) is 0 Å². The molecule has 0 saturated heterocycles. The van der Waals surface area contributed by atoms with E-state index in [0.29, 0.717) is 11.8 Å². The molecular formula is C16H21N7O. The average molecular weight is 327 g/mol. The number of fused-ring (bicyclic) bond motifs is 1. The average Bonchev–Trinajstić information content (AvgIpc) is 3.26. The lowest BCUT2D eigenvalue weighted by Gasteiger charge is -2.09. The molecule has 3 aromatic rings. The molecule has 1 aliphatic rings. The van der Waals surface area contributed by atoms with Crippen LogP contribution in [-0.4, -0.2) is 35.0 Å². The number of rotatable bonds is 5. The minimum atomic E-state index is 0.606. The van der Waals surface area contributed by atoms with Gasteiger partial charge in [-0.05, 0) is 32.1 Å². The molecule has 3 heterocycles. The Morgan fingerprint density at radius 2 is 2.04 bits per heavy atom. The number of aromatic nitrogens is 7. The van der Waals surface area contributed by atoms with Crippen LogP contribution < -0.4 is 0 Å². The standard InChI is InChI=1S/C16H21N7O/c1-11-17-19-15(24-11)8-5-9-23-10-14(18-21-23)16-12-6-3-4-7-13(12)20-22(16)2/h10H,3-9H2,1-2H3. The van der Waals surface area contributed by atoms with Gasteiger partial charge in [0.2, 0.25) is 11.8 Å². The predicted octanol–water partition coefficient (Wildman–Crippen LogP) is 1.88. The predicted molar refractivity (Wildman–Crippen MR) is 86.2 cm³/mol. The third-order valence-electron chi connectivity index (χ3n) is 4.45. The molecule has 0 atom stereocenters. The zero-order valence-corrected chi connectivity index (χ0v) is 14.1. The number of aryl methyl sites for hydroxylation is 5. The summed E-state index contributed by atoms with van der Waals surface area (Å²) in [5.74, 6) is 1.28. The van der Waals surface area contributed by atoms with Crippen LogP contribution in [0.15, 0.2) is 10.6 Å². The largest absolute Gasteiger partial charge is 0.426 e. The van der Waals surface area contributed by atoms with Gasteiger partial charge < -0.3 is 4.42 Å². The van der Waals surface area contributed by atoms with Crippen molar-refractivity contribution in [3.8, 4) is 11.4 Å². The summed E-state index contributed by atoms with van der Waals surface area (Å²) in [6, 6.07) is 0. The van der Waals surface area contributed by atoms with E-state index < -0.39 is 0 Å². The second kappa shape index (κ2) is 6.18. The van der Waals surface area contributed by atoms with Crippen LogP contribution in [0.3, 0.4) is 0 Å². The molecule has 0 unspecified atom stereocenters. The fourth-order valence-corrected chi connectivity index (χ4v) is 3.35. The van der Waals surface area contributed by atoms with Crippen LogP contribution in [0.1, 0.15) is 42.3 Å². The number of hydrogen-bond donors (Lipinski definition) is 0. The van der Waals surface area contributed by atoms with Gasteiger partial charge in [-0.15, -0.1) is 15.3 Å². The van der Waals surface area contributed by atoms with E-state index in [4.69, 9.17) is 4.42 Å². The molecule has 0 N–H and O–H groups in total. The maximum Gasteiger partial charge on any atom is 0.216 e. The minimum Gasteiger partial charge on any atom is -0.426 e. The number of hydrogen-bond acceptors (Lipinski definition) is 6. The van der Waals surface area contributed by atoms with Gasteiger partial charge >= 0.3 is 0 Å². The van der Waals surface area contributed by atoms with Crippen molar-refractivity contribution >= 4 is 0 Å². The highest BCUT2D eigenvalue weighted by atomic mass is 16.4. The summed E-state index contributed by atoms with van der Waals surface area (Å²) < 4.78 is 9.21. The highest BCUT2D eigenvalue weighted by molar-refractivity contribution is 5.60. The Labute approximate surface area is 139 Å². The molecule has 8 nitrogen and oxygen atoms in total. The molecule has 0 saturated carbocycles. The third-order valence-corrected chi connectivity index (χ3v) is 4.45. The highest BCUT2D eigenvalue weighted by Gasteiger charge is 2.22. The third kappa shape index (κ3) is 2.83. The molecule has 0 spiro atoms. The molecule has 126 valence electrons. The van der Waals surface area contributed by atoms with E-state index in [9.17, 15) is 0 Å². The van der Waals surface area contributed by atoms with Crippen molar-refractivity contribution < 1.29 is 4.42 Å². The monoisotopic (exact) mass is 327 g/mol. The van der Waals surface area contributed by atoms with Crippen LogP contribution >= 0.6 is 0 Å². The topological polar surface area (TPSA) is 87.5 Å². The van der Waals surface area contributed by atoms with E-state index in [1.807, 2.05) is 22.6 Å². The van der Waals surface area contributed by atoms with Gasteiger partial charge in [-0.1, -0.05) is 5.21 Å². The Morgan fingerprint density at radius 3 is 2.88 bits per heavy atom. The van der Waals surface area contributed by atoms with Crippen LogP contribution in [-0.2, 0) is 32.9 Å². The Hall–Kier alpha value is -2.51. The molecule has 3 aromatic heterocycles. The van der Waals surface area contributed by atoms with E-state index in [2.05, 4.69) is 25.6 Å². The summed E-state index contributed by atoms with van der Waals surface area (Å²) in [5.41, 5.74) is 4.59. The fourth-order valence-electron chi connectivity index (χ4n) is 3.35. The highest BCUT2D eigenvalue weighted by Crippen LogP contribution is 2.29. The molecule has 0 radical (unpaired) electrons. The Kier molecular flexibility index (Phi) is 3.87. The van der Waals surface area contributed by atoms with Crippen LogP contribution in [0.25, 0.3) is 11.4 Å². The molecule has 4 rings (SSSR count). The van der Waals surface area contributed by atoms with E-state index in [-0.39, 0.29) is 0 Å². The smallest absolute Gasteiger partial charge is 0.216 e. The Morgan fingerprint density at radius 1 is 1.17 bits per heavy atom. The summed E-state index contributed by atoms with van der Waals surface area (Å²) in [7, 11) is 1.99. The lowest BCUT2D eigenvalue weighted by Crippen LogP contribution is -2.01. The van der Waals surface area contributed by atoms with Gasteiger partial charge in [-0.2, -0.15) is 5.10 Å². The molecule has 0 amide bonds. The lowest BCUT2D eigenvalue weighted by atomic mass is 9.95. The minimum absolute atomic E-state index is 0.606. The van der Waals surface area contributed by atoms with Gasteiger partial charge in [0.05, 0.1) is 17.6 Å². The van der Waals surface area contributed by atoms with E-state index in [0.717, 1.165) is 43.6 Å². The first kappa shape index (κ1) is 15.0. The first-order valence-corrected chi connectivity index (χ1v) is 8.45. The van der Waals surface area contributed by atoms with Gasteiger partial charge in [-0.25, -0.2) is 0 Å². The van der Waals surface area contributed by atoms with E-state index in [1.165, 1.54) is 24.1 Å². The van der Waals surface area contributed by atoms with E-state index in [1.54, 1.807) is 6.92 Å². The quantitative estimate of drug-likeness (QED) is 0.711. The molecule has 8 heteroatoms. The number of nitrogens with zero attached hydrogens (tertiary/aromatic N) is 7. The summed E-state index contributed by atoms with van der Waals surface area (Å²) in [4.78, 5) is 0. The summed E-state index contributed by atoms with van der Waals surface area (Å²) in [5, 5.41) is 21.1. The molecule has 0 aliphatic heterocycles. The lowest BCUT2D eigenvalue weighted by molar-refractivity contribution is 0.447. The van der Waals surface area contributed by atoms with Crippen LogP contribution in [0, 0.1) is 6.92 Å². The summed E-state index contributed by atoms with van der Waals surface area (Å²) in [6.45, 7) is 2.57. The molecule has 0 aromatic carbocycles. The van der Waals surface area contributed by atoms with E-state index >= 15 is 0 Å². The van der Waals surface area contributed by atoms with Crippen molar-refractivity contribution in [2.75, 3.05) is 0 Å². The van der Waals surface area contributed by atoms with Crippen LogP contribution in [0.4, 0.5) is 0 Å². The summed E-state index contributed by atoms with van der Waals surface area (Å²) >= 11 is 0. The Bertz CT molecular complexity index is 845. The van der Waals surface area contributed by atoms with Crippen LogP contribution in [0.2, 0.25) is 0 Å². The Balaban J connectivity index is 1.46. The molecule has 0 bridgehead atoms. The second-order valence-corrected chi connectivity index (χ2v) is 6.29. The summed E-state index contributed by atoms with van der Waals surface area (Å²) in [6.07, 6.45) is 8.24.